The molecule has 0 aliphatic heterocycles. The molecule has 2 N–H and O–H groups in total. The number of carbonyl (C=O) groups excluding carboxylic acids is 2. The highest BCUT2D eigenvalue weighted by Gasteiger charge is 2.25. The van der Waals surface area contributed by atoms with Gasteiger partial charge in [0.2, 0.25) is 5.91 Å². The van der Waals surface area contributed by atoms with E-state index in [9.17, 15) is 9.59 Å². The van der Waals surface area contributed by atoms with E-state index in [0.29, 0.717) is 22.9 Å². The molecular formula is C19H24N2O4S. The second-order valence-corrected chi connectivity index (χ2v) is 7.02. The Balaban J connectivity index is 2.03. The average Bonchev–Trinajstić information content (AvgIpc) is 3.18. The summed E-state index contributed by atoms with van der Waals surface area (Å²) in [6.07, 6.45) is 0. The van der Waals surface area contributed by atoms with Gasteiger partial charge in [0, 0.05) is 18.2 Å². The number of amides is 2. The first-order valence-electron chi connectivity index (χ1n) is 8.29. The lowest BCUT2D eigenvalue weighted by Gasteiger charge is -2.22. The standard InChI is InChI=1S/C19H24N2O4S/c1-12(2)17(21-18(22)16-6-5-9-26-16)19(23)20-11-13-7-8-14(24-3)10-15(13)25-4/h5-10,12,17H,11H2,1-4H3,(H,20,23)(H,21,22). The Labute approximate surface area is 157 Å². The number of ether oxygens (including phenoxy) is 2. The minimum atomic E-state index is -0.617. The molecule has 6 nitrogen and oxygen atoms in total. The van der Waals surface area contributed by atoms with Gasteiger partial charge in [-0.3, -0.25) is 9.59 Å². The highest BCUT2D eigenvalue weighted by Crippen LogP contribution is 2.24. The fourth-order valence-corrected chi connectivity index (χ4v) is 3.07. The van der Waals surface area contributed by atoms with Crippen molar-refractivity contribution in [1.82, 2.24) is 10.6 Å². The van der Waals surface area contributed by atoms with E-state index in [1.165, 1.54) is 11.3 Å². The molecule has 140 valence electrons. The van der Waals surface area contributed by atoms with E-state index < -0.39 is 6.04 Å². The van der Waals surface area contributed by atoms with E-state index >= 15 is 0 Å². The Kier molecular flexibility index (Phi) is 7.03. The topological polar surface area (TPSA) is 76.7 Å². The van der Waals surface area contributed by atoms with Gasteiger partial charge in [-0.15, -0.1) is 11.3 Å². The summed E-state index contributed by atoms with van der Waals surface area (Å²) >= 11 is 1.34. The average molecular weight is 376 g/mol. The minimum Gasteiger partial charge on any atom is -0.497 e. The van der Waals surface area contributed by atoms with Gasteiger partial charge in [0.05, 0.1) is 19.1 Å². The third-order valence-corrected chi connectivity index (χ3v) is 4.80. The molecule has 0 bridgehead atoms. The maximum absolute atomic E-state index is 12.6. The van der Waals surface area contributed by atoms with Crippen LogP contribution in [0.15, 0.2) is 35.7 Å². The molecule has 2 amide bonds. The van der Waals surface area contributed by atoms with Crippen LogP contribution in [0.4, 0.5) is 0 Å². The van der Waals surface area contributed by atoms with Gasteiger partial charge in [0.15, 0.2) is 0 Å². The first-order chi connectivity index (χ1) is 12.5. The van der Waals surface area contributed by atoms with E-state index in [1.807, 2.05) is 31.4 Å². The molecule has 0 saturated carbocycles. The van der Waals surface area contributed by atoms with Crippen LogP contribution in [0, 0.1) is 5.92 Å². The first kappa shape index (κ1) is 19.8. The van der Waals surface area contributed by atoms with Crippen molar-refractivity contribution in [3.8, 4) is 11.5 Å². The van der Waals surface area contributed by atoms with E-state index in [2.05, 4.69) is 10.6 Å². The van der Waals surface area contributed by atoms with Crippen LogP contribution in [0.3, 0.4) is 0 Å². The molecule has 1 heterocycles. The summed E-state index contributed by atoms with van der Waals surface area (Å²) < 4.78 is 10.5. The van der Waals surface area contributed by atoms with Crippen molar-refractivity contribution in [2.24, 2.45) is 5.92 Å². The first-order valence-corrected chi connectivity index (χ1v) is 9.17. The van der Waals surface area contributed by atoms with Crippen molar-refractivity contribution in [2.75, 3.05) is 14.2 Å². The van der Waals surface area contributed by atoms with Gasteiger partial charge in [0.1, 0.15) is 17.5 Å². The highest BCUT2D eigenvalue weighted by molar-refractivity contribution is 7.12. The lowest BCUT2D eigenvalue weighted by Crippen LogP contribution is -2.49. The van der Waals surface area contributed by atoms with Crippen LogP contribution in [-0.4, -0.2) is 32.1 Å². The van der Waals surface area contributed by atoms with Crippen molar-refractivity contribution in [3.05, 3.63) is 46.2 Å². The van der Waals surface area contributed by atoms with Crippen LogP contribution in [0.1, 0.15) is 29.1 Å². The molecule has 0 aliphatic rings. The zero-order valence-electron chi connectivity index (χ0n) is 15.4. The van der Waals surface area contributed by atoms with Gasteiger partial charge >= 0.3 is 0 Å². The molecule has 0 spiro atoms. The number of benzene rings is 1. The number of methoxy groups -OCH3 is 2. The number of hydrogen-bond donors (Lipinski definition) is 2. The molecule has 7 heteroatoms. The molecule has 2 rings (SSSR count). The van der Waals surface area contributed by atoms with Crippen LogP contribution in [0.5, 0.6) is 11.5 Å². The molecule has 2 aromatic rings. The van der Waals surface area contributed by atoms with E-state index in [1.54, 1.807) is 32.4 Å². The van der Waals surface area contributed by atoms with Crippen LogP contribution in [0.25, 0.3) is 0 Å². The Morgan fingerprint density at radius 1 is 1.15 bits per heavy atom. The summed E-state index contributed by atoms with van der Waals surface area (Å²) in [7, 11) is 3.15. The molecule has 1 aromatic heterocycles. The molecule has 0 aliphatic carbocycles. The van der Waals surface area contributed by atoms with Crippen LogP contribution in [0.2, 0.25) is 0 Å². The van der Waals surface area contributed by atoms with Crippen LogP contribution in [-0.2, 0) is 11.3 Å². The van der Waals surface area contributed by atoms with E-state index in [0.717, 1.165) is 5.56 Å². The van der Waals surface area contributed by atoms with Gasteiger partial charge in [-0.2, -0.15) is 0 Å². The molecule has 1 aromatic carbocycles. The Morgan fingerprint density at radius 3 is 2.50 bits per heavy atom. The van der Waals surface area contributed by atoms with Crippen molar-refractivity contribution >= 4 is 23.2 Å². The number of thiophene rings is 1. The second kappa shape index (κ2) is 9.24. The monoisotopic (exact) mass is 376 g/mol. The lowest BCUT2D eigenvalue weighted by atomic mass is 10.0. The summed E-state index contributed by atoms with van der Waals surface area (Å²) in [5.41, 5.74) is 0.828. The smallest absolute Gasteiger partial charge is 0.262 e. The number of rotatable bonds is 8. The maximum atomic E-state index is 12.6. The zero-order valence-corrected chi connectivity index (χ0v) is 16.2. The highest BCUT2D eigenvalue weighted by atomic mass is 32.1. The van der Waals surface area contributed by atoms with E-state index in [4.69, 9.17) is 9.47 Å². The molecule has 1 atom stereocenters. The number of carbonyl (C=O) groups is 2. The normalized spacial score (nSPS) is 11.7. The molecule has 0 radical (unpaired) electrons. The molecular weight excluding hydrogens is 352 g/mol. The quantitative estimate of drug-likeness (QED) is 0.743. The largest absolute Gasteiger partial charge is 0.497 e. The number of nitrogens with one attached hydrogen (secondary N) is 2. The molecule has 26 heavy (non-hydrogen) atoms. The lowest BCUT2D eigenvalue weighted by molar-refractivity contribution is -0.124. The van der Waals surface area contributed by atoms with Gasteiger partial charge in [0.25, 0.3) is 5.91 Å². The SMILES string of the molecule is COc1ccc(CNC(=O)C(NC(=O)c2cccs2)C(C)C)c(OC)c1. The Hall–Kier alpha value is -2.54. The van der Waals surface area contributed by atoms with Crippen molar-refractivity contribution in [3.63, 3.8) is 0 Å². The molecule has 1 unspecified atom stereocenters. The van der Waals surface area contributed by atoms with Crippen molar-refractivity contribution in [1.29, 1.82) is 0 Å². The van der Waals surface area contributed by atoms with Crippen LogP contribution >= 0.6 is 11.3 Å². The summed E-state index contributed by atoms with van der Waals surface area (Å²) in [6.45, 7) is 4.09. The van der Waals surface area contributed by atoms with Gasteiger partial charge in [-0.25, -0.2) is 0 Å². The van der Waals surface area contributed by atoms with Gasteiger partial charge in [-0.05, 0) is 29.5 Å². The summed E-state index contributed by atoms with van der Waals surface area (Å²) in [4.78, 5) is 25.4. The summed E-state index contributed by atoms with van der Waals surface area (Å²) in [6, 6.07) is 8.33. The van der Waals surface area contributed by atoms with Gasteiger partial charge < -0.3 is 20.1 Å². The summed E-state index contributed by atoms with van der Waals surface area (Å²) in [5.74, 6) is 0.795. The summed E-state index contributed by atoms with van der Waals surface area (Å²) in [5, 5.41) is 7.51. The predicted molar refractivity (Wildman–Crippen MR) is 102 cm³/mol. The maximum Gasteiger partial charge on any atom is 0.262 e. The Morgan fingerprint density at radius 2 is 1.92 bits per heavy atom. The molecule has 0 saturated heterocycles. The predicted octanol–water partition coefficient (Wildman–Crippen LogP) is 2.84. The van der Waals surface area contributed by atoms with Gasteiger partial charge in [-0.1, -0.05) is 19.9 Å². The van der Waals surface area contributed by atoms with Crippen LogP contribution < -0.4 is 20.1 Å². The van der Waals surface area contributed by atoms with Crippen molar-refractivity contribution in [2.45, 2.75) is 26.4 Å². The second-order valence-electron chi connectivity index (χ2n) is 6.07. The third-order valence-electron chi connectivity index (χ3n) is 3.93. The third kappa shape index (κ3) is 4.98. The fraction of sp³-hybridized carbons (Fsp3) is 0.368. The van der Waals surface area contributed by atoms with Crippen molar-refractivity contribution < 1.29 is 19.1 Å². The molecule has 0 fully saturated rings. The minimum absolute atomic E-state index is 0.0447. The fourth-order valence-electron chi connectivity index (χ4n) is 2.45. The van der Waals surface area contributed by atoms with E-state index in [-0.39, 0.29) is 17.7 Å². The number of hydrogen-bond acceptors (Lipinski definition) is 5. The zero-order chi connectivity index (χ0) is 19.1. The Bertz CT molecular complexity index is 744.